The molecule has 2 N–H and O–H groups in total. The van der Waals surface area contributed by atoms with Crippen molar-refractivity contribution in [2.45, 2.75) is 6.54 Å². The molecule has 17 heavy (non-hydrogen) atoms. The van der Waals surface area contributed by atoms with Crippen molar-refractivity contribution in [3.8, 4) is 0 Å². The zero-order valence-corrected chi connectivity index (χ0v) is 9.93. The van der Waals surface area contributed by atoms with E-state index in [9.17, 15) is 9.59 Å². The van der Waals surface area contributed by atoms with Gasteiger partial charge in [0, 0.05) is 13.6 Å². The van der Waals surface area contributed by atoms with E-state index in [0.717, 1.165) is 5.56 Å². The average Bonchev–Trinajstić information content (AvgIpc) is 2.29. The van der Waals surface area contributed by atoms with E-state index in [1.165, 1.54) is 0 Å². The van der Waals surface area contributed by atoms with E-state index in [1.807, 2.05) is 11.9 Å². The van der Waals surface area contributed by atoms with Gasteiger partial charge in [0.15, 0.2) is 0 Å². The van der Waals surface area contributed by atoms with Gasteiger partial charge in [-0.15, -0.1) is 0 Å². The normalized spacial score (nSPS) is 10.3. The summed E-state index contributed by atoms with van der Waals surface area (Å²) in [6.45, 7) is 0.921. The Labute approximate surface area is 100 Å². The monoisotopic (exact) mass is 236 g/mol. The van der Waals surface area contributed by atoms with Crippen molar-refractivity contribution in [1.29, 1.82) is 0 Å². The number of carbonyl (C=O) groups is 2. The molecule has 1 aromatic rings. The highest BCUT2D eigenvalue weighted by atomic mass is 16.4. The molecular weight excluding hydrogens is 220 g/mol. The maximum absolute atomic E-state index is 11.1. The van der Waals surface area contributed by atoms with Crippen LogP contribution < -0.4 is 5.32 Å². The van der Waals surface area contributed by atoms with Gasteiger partial charge < -0.3 is 10.4 Å². The summed E-state index contributed by atoms with van der Waals surface area (Å²) in [6.07, 6.45) is 0. The molecule has 5 heteroatoms. The van der Waals surface area contributed by atoms with E-state index in [4.69, 9.17) is 5.11 Å². The molecular formula is C12H16N2O3. The van der Waals surface area contributed by atoms with E-state index in [1.54, 1.807) is 31.3 Å². The summed E-state index contributed by atoms with van der Waals surface area (Å²) in [7, 11) is 3.43. The lowest BCUT2D eigenvalue weighted by Gasteiger charge is -2.15. The Bertz CT molecular complexity index is 401. The Kier molecular flexibility index (Phi) is 4.66. The van der Waals surface area contributed by atoms with Crippen LogP contribution in [0, 0.1) is 0 Å². The topological polar surface area (TPSA) is 69.6 Å². The van der Waals surface area contributed by atoms with E-state index >= 15 is 0 Å². The Balaban J connectivity index is 2.57. The molecule has 0 saturated heterocycles. The fourth-order valence-electron chi connectivity index (χ4n) is 1.44. The van der Waals surface area contributed by atoms with E-state index in [0.29, 0.717) is 13.1 Å². The van der Waals surface area contributed by atoms with Crippen molar-refractivity contribution in [3.63, 3.8) is 0 Å². The van der Waals surface area contributed by atoms with Crippen molar-refractivity contribution in [2.75, 3.05) is 20.6 Å². The van der Waals surface area contributed by atoms with E-state index < -0.39 is 5.97 Å². The largest absolute Gasteiger partial charge is 0.478 e. The van der Waals surface area contributed by atoms with E-state index in [2.05, 4.69) is 5.32 Å². The number of carbonyl (C=O) groups excluding carboxylic acids is 1. The van der Waals surface area contributed by atoms with Crippen LogP contribution in [0.1, 0.15) is 15.9 Å². The van der Waals surface area contributed by atoms with Gasteiger partial charge in [-0.2, -0.15) is 0 Å². The van der Waals surface area contributed by atoms with Crippen molar-refractivity contribution in [1.82, 2.24) is 10.2 Å². The van der Waals surface area contributed by atoms with Gasteiger partial charge in [-0.3, -0.25) is 9.69 Å². The van der Waals surface area contributed by atoms with Crippen molar-refractivity contribution < 1.29 is 14.7 Å². The molecule has 0 aromatic heterocycles. The number of aromatic carboxylic acids is 1. The summed E-state index contributed by atoms with van der Waals surface area (Å²) in [5.74, 6) is -0.982. The molecule has 1 rings (SSSR count). The Morgan fingerprint density at radius 1 is 1.29 bits per heavy atom. The highest BCUT2D eigenvalue weighted by Crippen LogP contribution is 2.06. The molecule has 0 saturated carbocycles. The molecule has 0 fully saturated rings. The fourth-order valence-corrected chi connectivity index (χ4v) is 1.44. The minimum atomic E-state index is -0.935. The molecule has 0 atom stereocenters. The Morgan fingerprint density at radius 2 is 1.88 bits per heavy atom. The molecule has 0 radical (unpaired) electrons. The maximum Gasteiger partial charge on any atom is 0.335 e. The van der Waals surface area contributed by atoms with Crippen LogP contribution >= 0.6 is 0 Å². The first kappa shape index (κ1) is 13.2. The van der Waals surface area contributed by atoms with Crippen LogP contribution in [0.4, 0.5) is 0 Å². The molecule has 1 amide bonds. The van der Waals surface area contributed by atoms with Gasteiger partial charge in [0.2, 0.25) is 5.91 Å². The van der Waals surface area contributed by atoms with Crippen LogP contribution in [-0.4, -0.2) is 42.5 Å². The second-order valence-electron chi connectivity index (χ2n) is 3.85. The van der Waals surface area contributed by atoms with Gasteiger partial charge in [-0.05, 0) is 24.7 Å². The molecule has 0 spiro atoms. The summed E-state index contributed by atoms with van der Waals surface area (Å²) < 4.78 is 0. The van der Waals surface area contributed by atoms with Gasteiger partial charge in [-0.1, -0.05) is 12.1 Å². The number of carboxylic acids is 1. The Hall–Kier alpha value is -1.88. The van der Waals surface area contributed by atoms with Crippen molar-refractivity contribution in [3.05, 3.63) is 35.4 Å². The molecule has 0 bridgehead atoms. The maximum atomic E-state index is 11.1. The molecule has 0 aliphatic heterocycles. The van der Waals surface area contributed by atoms with Crippen LogP contribution in [-0.2, 0) is 11.3 Å². The van der Waals surface area contributed by atoms with Crippen molar-refractivity contribution in [2.24, 2.45) is 0 Å². The number of benzene rings is 1. The minimum Gasteiger partial charge on any atom is -0.478 e. The summed E-state index contributed by atoms with van der Waals surface area (Å²) in [6, 6.07) is 6.63. The molecule has 0 aliphatic rings. The lowest BCUT2D eigenvalue weighted by molar-refractivity contribution is -0.121. The highest BCUT2D eigenvalue weighted by Gasteiger charge is 2.06. The number of likely N-dealkylation sites (N-methyl/N-ethyl adjacent to an activating group) is 2. The first-order valence-electron chi connectivity index (χ1n) is 5.24. The third-order valence-corrected chi connectivity index (χ3v) is 2.35. The second-order valence-corrected chi connectivity index (χ2v) is 3.85. The first-order valence-corrected chi connectivity index (χ1v) is 5.24. The standard InChI is InChI=1S/C12H16N2O3/c1-13-11(15)8-14(2)7-9-3-5-10(6-4-9)12(16)17/h3-6H,7-8H2,1-2H3,(H,13,15)(H,16,17). The summed E-state index contributed by atoms with van der Waals surface area (Å²) in [5.41, 5.74) is 1.24. The number of hydrogen-bond acceptors (Lipinski definition) is 3. The second kappa shape index (κ2) is 6.00. The molecule has 0 aliphatic carbocycles. The zero-order chi connectivity index (χ0) is 12.8. The number of nitrogens with zero attached hydrogens (tertiary/aromatic N) is 1. The number of carboxylic acid groups (broad SMARTS) is 1. The zero-order valence-electron chi connectivity index (χ0n) is 9.93. The number of nitrogens with one attached hydrogen (secondary N) is 1. The van der Waals surface area contributed by atoms with Crippen LogP contribution in [0.5, 0.6) is 0 Å². The quantitative estimate of drug-likeness (QED) is 0.784. The van der Waals surface area contributed by atoms with E-state index in [-0.39, 0.29) is 11.5 Å². The fraction of sp³-hybridized carbons (Fsp3) is 0.333. The number of hydrogen-bond donors (Lipinski definition) is 2. The lowest BCUT2D eigenvalue weighted by atomic mass is 10.1. The lowest BCUT2D eigenvalue weighted by Crippen LogP contribution is -2.32. The average molecular weight is 236 g/mol. The molecule has 92 valence electrons. The van der Waals surface area contributed by atoms with Crippen molar-refractivity contribution >= 4 is 11.9 Å². The third kappa shape index (κ3) is 4.24. The first-order chi connectivity index (χ1) is 8.02. The highest BCUT2D eigenvalue weighted by molar-refractivity contribution is 5.87. The van der Waals surface area contributed by atoms with Crippen LogP contribution in [0.25, 0.3) is 0 Å². The summed E-state index contributed by atoms with van der Waals surface area (Å²) in [4.78, 5) is 23.6. The van der Waals surface area contributed by atoms with Gasteiger partial charge in [0.05, 0.1) is 12.1 Å². The molecule has 1 aromatic carbocycles. The van der Waals surface area contributed by atoms with Crippen LogP contribution in [0.2, 0.25) is 0 Å². The summed E-state index contributed by atoms with van der Waals surface area (Å²) in [5, 5.41) is 11.3. The number of rotatable bonds is 5. The smallest absolute Gasteiger partial charge is 0.335 e. The molecule has 0 heterocycles. The Morgan fingerprint density at radius 3 is 2.35 bits per heavy atom. The SMILES string of the molecule is CNC(=O)CN(C)Cc1ccc(C(=O)O)cc1. The molecule has 5 nitrogen and oxygen atoms in total. The predicted octanol–water partition coefficient (Wildman–Crippen LogP) is 0.563. The predicted molar refractivity (Wildman–Crippen MR) is 63.8 cm³/mol. The third-order valence-electron chi connectivity index (χ3n) is 2.35. The minimum absolute atomic E-state index is 0.0466. The number of amides is 1. The van der Waals surface area contributed by atoms with Gasteiger partial charge >= 0.3 is 5.97 Å². The van der Waals surface area contributed by atoms with Crippen LogP contribution in [0.15, 0.2) is 24.3 Å². The van der Waals surface area contributed by atoms with Crippen LogP contribution in [0.3, 0.4) is 0 Å². The summed E-state index contributed by atoms with van der Waals surface area (Å²) >= 11 is 0. The van der Waals surface area contributed by atoms with Gasteiger partial charge in [-0.25, -0.2) is 4.79 Å². The van der Waals surface area contributed by atoms with Gasteiger partial charge in [0.1, 0.15) is 0 Å². The van der Waals surface area contributed by atoms with Gasteiger partial charge in [0.25, 0.3) is 0 Å². The molecule has 0 unspecified atom stereocenters.